The lowest BCUT2D eigenvalue weighted by molar-refractivity contribution is -0.132. The molecule has 3 heterocycles. The Bertz CT molecular complexity index is 782. The van der Waals surface area contributed by atoms with E-state index in [2.05, 4.69) is 48.9 Å². The first kappa shape index (κ1) is 18.7. The van der Waals surface area contributed by atoms with Crippen LogP contribution in [0.15, 0.2) is 42.9 Å². The van der Waals surface area contributed by atoms with Crippen molar-refractivity contribution in [3.63, 3.8) is 0 Å². The number of carbonyl (C=O) groups excluding carboxylic acids is 1. The number of anilines is 2. The van der Waals surface area contributed by atoms with E-state index in [-0.39, 0.29) is 5.91 Å². The Balaban J connectivity index is 1.24. The highest BCUT2D eigenvalue weighted by Gasteiger charge is 2.25. The second-order valence-corrected chi connectivity index (χ2v) is 7.50. The van der Waals surface area contributed by atoms with Gasteiger partial charge in [-0.3, -0.25) is 9.69 Å². The highest BCUT2D eigenvalue weighted by atomic mass is 16.2. The molecule has 148 valence electrons. The van der Waals surface area contributed by atoms with Crippen LogP contribution in [0.2, 0.25) is 0 Å². The fourth-order valence-electron chi connectivity index (χ4n) is 3.99. The van der Waals surface area contributed by atoms with E-state index in [4.69, 9.17) is 0 Å². The Hall–Kier alpha value is -2.67. The molecule has 1 aromatic heterocycles. The molecule has 2 saturated heterocycles. The third-order valence-corrected chi connectivity index (χ3v) is 5.65. The van der Waals surface area contributed by atoms with Crippen molar-refractivity contribution in [2.75, 3.05) is 68.7 Å². The van der Waals surface area contributed by atoms with Crippen LogP contribution in [0.3, 0.4) is 0 Å². The predicted molar refractivity (Wildman–Crippen MR) is 111 cm³/mol. The van der Waals surface area contributed by atoms with Gasteiger partial charge in [-0.15, -0.1) is 0 Å². The Kier molecular flexibility index (Phi) is 5.71. The van der Waals surface area contributed by atoms with Crippen LogP contribution in [0.25, 0.3) is 0 Å². The molecular weight excluding hydrogens is 352 g/mol. The molecule has 2 aliphatic rings. The number of aromatic nitrogens is 2. The highest BCUT2D eigenvalue weighted by Crippen LogP contribution is 2.18. The third kappa shape index (κ3) is 4.25. The summed E-state index contributed by atoms with van der Waals surface area (Å²) in [5.41, 5.74) is 2.34. The van der Waals surface area contributed by atoms with E-state index in [1.54, 1.807) is 6.33 Å². The second kappa shape index (κ2) is 8.56. The van der Waals surface area contributed by atoms with Crippen molar-refractivity contribution in [2.24, 2.45) is 0 Å². The van der Waals surface area contributed by atoms with Crippen LogP contribution in [0.1, 0.15) is 5.56 Å². The minimum absolute atomic E-state index is 0.249. The number of hydrogen-bond donors (Lipinski definition) is 0. The molecule has 2 aliphatic heterocycles. The molecule has 4 rings (SSSR count). The van der Waals surface area contributed by atoms with E-state index in [1.807, 2.05) is 24.1 Å². The van der Waals surface area contributed by atoms with Gasteiger partial charge in [-0.2, -0.15) is 0 Å². The smallest absolute Gasteiger partial charge is 0.236 e. The summed E-state index contributed by atoms with van der Waals surface area (Å²) in [7, 11) is 0. The first-order valence-electron chi connectivity index (χ1n) is 10.0. The topological polar surface area (TPSA) is 55.8 Å². The summed E-state index contributed by atoms with van der Waals surface area (Å²) >= 11 is 0. The number of nitrogens with zero attached hydrogens (tertiary/aromatic N) is 6. The van der Waals surface area contributed by atoms with E-state index < -0.39 is 0 Å². The maximum Gasteiger partial charge on any atom is 0.236 e. The van der Waals surface area contributed by atoms with Gasteiger partial charge < -0.3 is 14.7 Å². The van der Waals surface area contributed by atoms with Crippen LogP contribution in [-0.2, 0) is 4.79 Å². The Morgan fingerprint density at radius 2 is 1.61 bits per heavy atom. The number of amides is 1. The highest BCUT2D eigenvalue weighted by molar-refractivity contribution is 5.78. The van der Waals surface area contributed by atoms with Gasteiger partial charge >= 0.3 is 0 Å². The average molecular weight is 380 g/mol. The van der Waals surface area contributed by atoms with Crippen molar-refractivity contribution < 1.29 is 4.79 Å². The zero-order valence-corrected chi connectivity index (χ0v) is 16.5. The molecule has 0 aliphatic carbocycles. The van der Waals surface area contributed by atoms with Crippen LogP contribution in [0.5, 0.6) is 0 Å². The lowest BCUT2D eigenvalue weighted by Gasteiger charge is -2.39. The van der Waals surface area contributed by atoms with E-state index in [1.165, 1.54) is 5.69 Å². The number of aryl methyl sites for hydroxylation is 1. The summed E-state index contributed by atoms with van der Waals surface area (Å²) in [5.74, 6) is 1.26. The molecule has 1 aromatic carbocycles. The maximum absolute atomic E-state index is 12.7. The van der Waals surface area contributed by atoms with Crippen molar-refractivity contribution in [3.05, 3.63) is 48.4 Å². The van der Waals surface area contributed by atoms with Gasteiger partial charge in [-0.25, -0.2) is 9.97 Å². The molecule has 0 radical (unpaired) electrons. The number of piperazine rings is 2. The SMILES string of the molecule is Cc1cncnc1N1CCN(CC(=O)N2CCN(c3ccccc3)CC2)CC1. The van der Waals surface area contributed by atoms with Crippen LogP contribution >= 0.6 is 0 Å². The Labute approximate surface area is 166 Å². The normalized spacial score (nSPS) is 18.4. The van der Waals surface area contributed by atoms with E-state index in [9.17, 15) is 4.79 Å². The zero-order valence-electron chi connectivity index (χ0n) is 16.5. The van der Waals surface area contributed by atoms with E-state index >= 15 is 0 Å². The first-order chi connectivity index (χ1) is 13.7. The molecule has 0 unspecified atom stereocenters. The predicted octanol–water partition coefficient (Wildman–Crippen LogP) is 1.26. The van der Waals surface area contributed by atoms with E-state index in [0.717, 1.165) is 63.7 Å². The summed E-state index contributed by atoms with van der Waals surface area (Å²) in [6, 6.07) is 10.4. The minimum Gasteiger partial charge on any atom is -0.368 e. The van der Waals surface area contributed by atoms with Crippen LogP contribution in [-0.4, -0.2) is 84.6 Å². The first-order valence-corrected chi connectivity index (χ1v) is 10.0. The molecule has 28 heavy (non-hydrogen) atoms. The lowest BCUT2D eigenvalue weighted by atomic mass is 10.2. The summed E-state index contributed by atoms with van der Waals surface area (Å²) in [6.45, 7) is 9.52. The second-order valence-electron chi connectivity index (χ2n) is 7.50. The van der Waals surface area contributed by atoms with Crippen molar-refractivity contribution >= 4 is 17.4 Å². The molecular formula is C21H28N6O. The molecule has 0 atom stereocenters. The van der Waals surface area contributed by atoms with Crippen LogP contribution < -0.4 is 9.80 Å². The zero-order chi connectivity index (χ0) is 19.3. The number of para-hydroxylation sites is 1. The van der Waals surface area contributed by atoms with Gasteiger partial charge in [0, 0.05) is 69.8 Å². The van der Waals surface area contributed by atoms with Crippen molar-refractivity contribution in [3.8, 4) is 0 Å². The van der Waals surface area contributed by atoms with Gasteiger partial charge in [0.25, 0.3) is 0 Å². The van der Waals surface area contributed by atoms with Gasteiger partial charge in [0.15, 0.2) is 0 Å². The quantitative estimate of drug-likeness (QED) is 0.796. The number of rotatable bonds is 4. The van der Waals surface area contributed by atoms with Crippen LogP contribution in [0.4, 0.5) is 11.5 Å². The summed E-state index contributed by atoms with van der Waals surface area (Å²) in [4.78, 5) is 30.1. The number of benzene rings is 1. The largest absolute Gasteiger partial charge is 0.368 e. The number of hydrogen-bond acceptors (Lipinski definition) is 6. The lowest BCUT2D eigenvalue weighted by Crippen LogP contribution is -2.54. The average Bonchev–Trinajstić information content (AvgIpc) is 2.75. The molecule has 0 saturated carbocycles. The summed E-state index contributed by atoms with van der Waals surface area (Å²) < 4.78 is 0. The Morgan fingerprint density at radius 3 is 2.29 bits per heavy atom. The molecule has 0 bridgehead atoms. The molecule has 2 fully saturated rings. The molecule has 1 amide bonds. The van der Waals surface area contributed by atoms with Crippen molar-refractivity contribution in [1.82, 2.24) is 19.8 Å². The summed E-state index contributed by atoms with van der Waals surface area (Å²) in [5, 5.41) is 0. The van der Waals surface area contributed by atoms with Gasteiger partial charge in [0.2, 0.25) is 5.91 Å². The minimum atomic E-state index is 0.249. The van der Waals surface area contributed by atoms with Gasteiger partial charge in [0.05, 0.1) is 6.54 Å². The molecule has 0 spiro atoms. The number of carbonyl (C=O) groups is 1. The van der Waals surface area contributed by atoms with Gasteiger partial charge in [0.1, 0.15) is 12.1 Å². The van der Waals surface area contributed by atoms with Crippen molar-refractivity contribution in [2.45, 2.75) is 6.92 Å². The molecule has 7 heteroatoms. The monoisotopic (exact) mass is 380 g/mol. The molecule has 0 N–H and O–H groups in total. The van der Waals surface area contributed by atoms with E-state index in [0.29, 0.717) is 6.54 Å². The Morgan fingerprint density at radius 1 is 0.929 bits per heavy atom. The van der Waals surface area contributed by atoms with Crippen LogP contribution in [0, 0.1) is 6.92 Å². The van der Waals surface area contributed by atoms with Crippen molar-refractivity contribution in [1.29, 1.82) is 0 Å². The fourth-order valence-corrected chi connectivity index (χ4v) is 3.99. The molecule has 7 nitrogen and oxygen atoms in total. The fraction of sp³-hybridized carbons (Fsp3) is 0.476. The molecule has 2 aromatic rings. The third-order valence-electron chi connectivity index (χ3n) is 5.65. The van der Waals surface area contributed by atoms with Gasteiger partial charge in [-0.1, -0.05) is 18.2 Å². The maximum atomic E-state index is 12.7. The standard InChI is InChI=1S/C21H28N6O/c1-18-15-22-17-23-21(18)27-9-7-24(8-10-27)16-20(28)26-13-11-25(12-14-26)19-5-3-2-4-6-19/h2-6,15,17H,7-14,16H2,1H3. The summed E-state index contributed by atoms with van der Waals surface area (Å²) in [6.07, 6.45) is 3.46. The van der Waals surface area contributed by atoms with Gasteiger partial charge in [-0.05, 0) is 19.1 Å².